The quantitative estimate of drug-likeness (QED) is 0.452. The number of hydrogen-bond donors (Lipinski definition) is 3. The van der Waals surface area contributed by atoms with Crippen molar-refractivity contribution in [1.82, 2.24) is 0 Å². The number of carbonyl (C=O) groups is 1. The molecular formula is C16H11ClF6O4. The fraction of sp³-hybridized carbons (Fsp3) is 0.188. The largest absolute Gasteiger partial charge is 0.508 e. The van der Waals surface area contributed by atoms with Gasteiger partial charge in [-0.2, -0.15) is 26.3 Å². The van der Waals surface area contributed by atoms with E-state index in [1.807, 2.05) is 0 Å². The molecule has 0 aliphatic carbocycles. The van der Waals surface area contributed by atoms with E-state index in [-0.39, 0.29) is 0 Å². The van der Waals surface area contributed by atoms with Crippen molar-refractivity contribution >= 4 is 17.0 Å². The van der Waals surface area contributed by atoms with Gasteiger partial charge >= 0.3 is 17.8 Å². The first-order chi connectivity index (χ1) is 12.2. The van der Waals surface area contributed by atoms with Gasteiger partial charge in [0.05, 0.1) is 0 Å². The van der Waals surface area contributed by atoms with Crippen molar-refractivity contribution in [2.24, 2.45) is 0 Å². The van der Waals surface area contributed by atoms with Crippen LogP contribution < -0.4 is 0 Å². The highest BCUT2D eigenvalue weighted by Crippen LogP contribution is 2.56. The summed E-state index contributed by atoms with van der Waals surface area (Å²) in [5, 5.41) is 25.5. The summed E-state index contributed by atoms with van der Waals surface area (Å²) in [7, 11) is 0. The summed E-state index contributed by atoms with van der Waals surface area (Å²) in [6.45, 7) is 0. The normalized spacial score (nSPS) is 12.1. The van der Waals surface area contributed by atoms with Crippen LogP contribution in [0, 0.1) is 0 Å². The average Bonchev–Trinajstić information content (AvgIpc) is 2.48. The summed E-state index contributed by atoms with van der Waals surface area (Å²) >= 11 is 4.19. The summed E-state index contributed by atoms with van der Waals surface area (Å²) in [6, 6.07) is 5.30. The van der Waals surface area contributed by atoms with Gasteiger partial charge in [0, 0.05) is 11.6 Å². The molecule has 148 valence electrons. The molecule has 4 nitrogen and oxygen atoms in total. The number of benzene rings is 2. The molecule has 0 atom stereocenters. The maximum atomic E-state index is 13.6. The zero-order valence-electron chi connectivity index (χ0n) is 13.0. The molecule has 0 heterocycles. The Morgan fingerprint density at radius 2 is 0.926 bits per heavy atom. The van der Waals surface area contributed by atoms with Gasteiger partial charge < -0.3 is 15.3 Å². The standard InChI is InChI=1S/C15H10F6O2.CHClO2/c16-14(17,18)13(15(19,20)21,9-1-5-11(22)6-2-9)10-3-7-12(23)8-4-10;2-1(3)4/h1-8,22-23H;(H,3,4). The van der Waals surface area contributed by atoms with Gasteiger partial charge in [-0.05, 0) is 35.4 Å². The van der Waals surface area contributed by atoms with Crippen molar-refractivity contribution in [3.05, 3.63) is 59.7 Å². The number of phenols is 2. The Hall–Kier alpha value is -2.62. The summed E-state index contributed by atoms with van der Waals surface area (Å²) < 4.78 is 81.6. The Kier molecular flexibility index (Phi) is 6.60. The van der Waals surface area contributed by atoms with Crippen LogP contribution in [0.1, 0.15) is 11.1 Å². The van der Waals surface area contributed by atoms with Gasteiger partial charge in [-0.3, -0.25) is 0 Å². The number of alkyl halides is 6. The molecule has 0 saturated carbocycles. The number of halogens is 7. The van der Waals surface area contributed by atoms with Crippen LogP contribution in [-0.2, 0) is 5.41 Å². The Balaban J connectivity index is 0.000000828. The van der Waals surface area contributed by atoms with Crippen molar-refractivity contribution in [1.29, 1.82) is 0 Å². The van der Waals surface area contributed by atoms with Crippen molar-refractivity contribution in [3.8, 4) is 11.5 Å². The molecule has 27 heavy (non-hydrogen) atoms. The fourth-order valence-corrected chi connectivity index (χ4v) is 2.40. The minimum absolute atomic E-state index is 0.460. The third-order valence-electron chi connectivity index (χ3n) is 3.45. The van der Waals surface area contributed by atoms with E-state index in [0.717, 1.165) is 24.3 Å². The molecule has 0 aromatic heterocycles. The first kappa shape index (κ1) is 22.4. The van der Waals surface area contributed by atoms with Crippen LogP contribution in [0.4, 0.5) is 31.1 Å². The van der Waals surface area contributed by atoms with E-state index in [1.54, 1.807) is 0 Å². The molecule has 0 spiro atoms. The molecule has 0 saturated heterocycles. The van der Waals surface area contributed by atoms with Crippen LogP contribution in [0.3, 0.4) is 0 Å². The van der Waals surface area contributed by atoms with E-state index in [4.69, 9.17) is 20.1 Å². The second-order valence-corrected chi connectivity index (χ2v) is 5.42. The molecule has 0 unspecified atom stereocenters. The van der Waals surface area contributed by atoms with Gasteiger partial charge in [0.15, 0.2) is 0 Å². The molecule has 2 aromatic rings. The lowest BCUT2D eigenvalue weighted by Gasteiger charge is -2.38. The number of hydrogen-bond acceptors (Lipinski definition) is 3. The molecule has 0 bridgehead atoms. The average molecular weight is 417 g/mol. The summed E-state index contributed by atoms with van der Waals surface area (Å²) in [5.41, 5.74) is -7.80. The monoisotopic (exact) mass is 416 g/mol. The number of carboxylic acid groups (broad SMARTS) is 1. The number of phenolic OH excluding ortho intramolecular Hbond substituents is 2. The van der Waals surface area contributed by atoms with Crippen molar-refractivity contribution < 1.29 is 46.5 Å². The zero-order valence-corrected chi connectivity index (χ0v) is 13.8. The number of rotatable bonds is 2. The predicted molar refractivity (Wildman–Crippen MR) is 83.0 cm³/mol. The smallest absolute Gasteiger partial charge is 0.411 e. The van der Waals surface area contributed by atoms with Gasteiger partial charge in [-0.25, -0.2) is 4.79 Å². The zero-order chi connectivity index (χ0) is 21.0. The van der Waals surface area contributed by atoms with Crippen LogP contribution in [-0.4, -0.2) is 33.1 Å². The Morgan fingerprint density at radius 3 is 1.11 bits per heavy atom. The third kappa shape index (κ3) is 4.76. The maximum absolute atomic E-state index is 13.6. The first-order valence-corrected chi connectivity index (χ1v) is 7.22. The SMILES string of the molecule is O=C(O)Cl.Oc1ccc(C(c2ccc(O)cc2)(C(F)(F)F)C(F)(F)F)cc1. The van der Waals surface area contributed by atoms with E-state index in [1.165, 1.54) is 0 Å². The van der Waals surface area contributed by atoms with E-state index in [0.29, 0.717) is 24.3 Å². The molecule has 2 aromatic carbocycles. The second-order valence-electron chi connectivity index (χ2n) is 5.09. The molecular weight excluding hydrogens is 406 g/mol. The summed E-state index contributed by atoms with van der Waals surface area (Å²) in [5.74, 6) is -0.921. The molecule has 0 radical (unpaired) electrons. The highest BCUT2D eigenvalue weighted by Gasteiger charge is 2.72. The van der Waals surface area contributed by atoms with E-state index < -0.39 is 45.8 Å². The van der Waals surface area contributed by atoms with Crippen LogP contribution >= 0.6 is 11.6 Å². The van der Waals surface area contributed by atoms with Gasteiger partial charge in [0.1, 0.15) is 11.5 Å². The molecule has 2 rings (SSSR count). The maximum Gasteiger partial charge on any atom is 0.411 e. The summed E-state index contributed by atoms with van der Waals surface area (Å²) in [4.78, 5) is 8.77. The second kappa shape index (κ2) is 7.95. The topological polar surface area (TPSA) is 77.8 Å². The van der Waals surface area contributed by atoms with Crippen LogP contribution in [0.5, 0.6) is 11.5 Å². The van der Waals surface area contributed by atoms with Crippen molar-refractivity contribution in [2.45, 2.75) is 17.8 Å². The van der Waals surface area contributed by atoms with Crippen LogP contribution in [0.2, 0.25) is 0 Å². The highest BCUT2D eigenvalue weighted by molar-refractivity contribution is 6.60. The highest BCUT2D eigenvalue weighted by atomic mass is 35.5. The third-order valence-corrected chi connectivity index (χ3v) is 3.45. The van der Waals surface area contributed by atoms with Crippen LogP contribution in [0.25, 0.3) is 0 Å². The molecule has 0 amide bonds. The molecule has 0 fully saturated rings. The predicted octanol–water partition coefficient (Wildman–Crippen LogP) is 5.41. The van der Waals surface area contributed by atoms with E-state index >= 15 is 0 Å². The lowest BCUT2D eigenvalue weighted by molar-refractivity contribution is -0.288. The molecule has 0 aliphatic rings. The van der Waals surface area contributed by atoms with Crippen molar-refractivity contribution in [2.75, 3.05) is 0 Å². The van der Waals surface area contributed by atoms with Gasteiger partial charge in [-0.1, -0.05) is 24.3 Å². The molecule has 3 N–H and O–H groups in total. The minimum atomic E-state index is -5.70. The van der Waals surface area contributed by atoms with Crippen molar-refractivity contribution in [3.63, 3.8) is 0 Å². The molecule has 11 heteroatoms. The minimum Gasteiger partial charge on any atom is -0.508 e. The first-order valence-electron chi connectivity index (χ1n) is 6.84. The van der Waals surface area contributed by atoms with E-state index in [9.17, 15) is 26.3 Å². The van der Waals surface area contributed by atoms with Gasteiger partial charge in [0.2, 0.25) is 5.41 Å². The Labute approximate surface area is 153 Å². The van der Waals surface area contributed by atoms with Gasteiger partial charge in [-0.15, -0.1) is 0 Å². The van der Waals surface area contributed by atoms with Gasteiger partial charge in [0.25, 0.3) is 0 Å². The summed E-state index contributed by atoms with van der Waals surface area (Å²) in [6.07, 6.45) is -11.4. The van der Waals surface area contributed by atoms with E-state index in [2.05, 4.69) is 11.6 Å². The number of aromatic hydroxyl groups is 2. The Bertz CT molecular complexity index is 704. The lowest BCUT2D eigenvalue weighted by Crippen LogP contribution is -2.54. The fourth-order valence-electron chi connectivity index (χ4n) is 2.40. The molecule has 0 aliphatic heterocycles. The Morgan fingerprint density at radius 1 is 0.704 bits per heavy atom. The van der Waals surface area contributed by atoms with Crippen LogP contribution in [0.15, 0.2) is 48.5 Å². The lowest BCUT2D eigenvalue weighted by atomic mass is 9.73.